The zero-order chi connectivity index (χ0) is 18.0. The first-order valence-corrected chi connectivity index (χ1v) is 8.27. The molecule has 0 spiro atoms. The van der Waals surface area contributed by atoms with Crippen LogP contribution in [0.3, 0.4) is 0 Å². The fourth-order valence-corrected chi connectivity index (χ4v) is 3.31. The van der Waals surface area contributed by atoms with Gasteiger partial charge in [-0.3, -0.25) is 4.79 Å². The number of nitrogens with zero attached hydrogens (tertiary/aromatic N) is 1. The summed E-state index contributed by atoms with van der Waals surface area (Å²) in [5, 5.41) is 0. The Morgan fingerprint density at radius 2 is 1.68 bits per heavy atom. The molecule has 130 valence electrons. The predicted octanol–water partition coefficient (Wildman–Crippen LogP) is 4.04. The molecule has 4 nitrogen and oxygen atoms in total. The minimum atomic E-state index is -0.582. The van der Waals surface area contributed by atoms with Gasteiger partial charge in [-0.15, -0.1) is 0 Å². The summed E-state index contributed by atoms with van der Waals surface area (Å²) in [5.41, 5.74) is 2.46. The number of allylic oxidation sites excluding steroid dienone is 1. The molecule has 1 aliphatic heterocycles. The normalized spacial score (nSPS) is 19.4. The van der Waals surface area contributed by atoms with Crippen LogP contribution in [-0.2, 0) is 10.2 Å². The summed E-state index contributed by atoms with van der Waals surface area (Å²) in [4.78, 5) is 14.6. The van der Waals surface area contributed by atoms with Crippen molar-refractivity contribution in [1.82, 2.24) is 0 Å². The quantitative estimate of drug-likeness (QED) is 0.826. The Morgan fingerprint density at radius 1 is 1.04 bits per heavy atom. The molecule has 0 aromatic heterocycles. The van der Waals surface area contributed by atoms with Crippen LogP contribution < -0.4 is 14.4 Å². The van der Waals surface area contributed by atoms with Crippen LogP contribution in [0.4, 0.5) is 5.69 Å². The third kappa shape index (κ3) is 3.00. The molecule has 0 bridgehead atoms. The molecule has 0 radical (unpaired) electrons. The van der Waals surface area contributed by atoms with Crippen LogP contribution in [0, 0.1) is 0 Å². The molecule has 0 aliphatic carbocycles. The van der Waals surface area contributed by atoms with Crippen LogP contribution in [0.5, 0.6) is 11.5 Å². The monoisotopic (exact) mass is 337 g/mol. The second-order valence-electron chi connectivity index (χ2n) is 6.46. The second-order valence-corrected chi connectivity index (χ2v) is 6.46. The number of carbonyl (C=O) groups is 1. The van der Waals surface area contributed by atoms with E-state index in [2.05, 4.69) is 6.08 Å². The van der Waals surface area contributed by atoms with Gasteiger partial charge in [-0.05, 0) is 54.8 Å². The summed E-state index contributed by atoms with van der Waals surface area (Å²) in [5.74, 6) is 1.71. The van der Waals surface area contributed by atoms with Crippen molar-refractivity contribution >= 4 is 17.7 Å². The van der Waals surface area contributed by atoms with E-state index >= 15 is 0 Å². The molecule has 4 heteroatoms. The van der Waals surface area contributed by atoms with Gasteiger partial charge in [-0.1, -0.05) is 24.3 Å². The molecule has 0 saturated carbocycles. The van der Waals surface area contributed by atoms with Crippen LogP contribution >= 0.6 is 0 Å². The first kappa shape index (κ1) is 17.1. The minimum absolute atomic E-state index is 0.107. The lowest BCUT2D eigenvalue weighted by Crippen LogP contribution is -2.35. The van der Waals surface area contributed by atoms with E-state index in [4.69, 9.17) is 9.47 Å². The maximum absolute atomic E-state index is 12.8. The fourth-order valence-electron chi connectivity index (χ4n) is 3.31. The van der Waals surface area contributed by atoms with E-state index in [-0.39, 0.29) is 5.91 Å². The molecule has 1 heterocycles. The number of likely N-dealkylation sites (N-methyl/N-ethyl adjacent to an activating group) is 1. The second kappa shape index (κ2) is 6.63. The maximum Gasteiger partial charge on any atom is 0.237 e. The van der Waals surface area contributed by atoms with Crippen LogP contribution in [0.2, 0.25) is 0 Å². The number of methoxy groups -OCH3 is 2. The summed E-state index contributed by atoms with van der Waals surface area (Å²) < 4.78 is 10.5. The van der Waals surface area contributed by atoms with E-state index < -0.39 is 5.41 Å². The minimum Gasteiger partial charge on any atom is -0.497 e. The maximum atomic E-state index is 12.8. The third-order valence-corrected chi connectivity index (χ3v) is 4.89. The van der Waals surface area contributed by atoms with Gasteiger partial charge < -0.3 is 14.4 Å². The van der Waals surface area contributed by atoms with Gasteiger partial charge in [0.2, 0.25) is 5.91 Å². The molecule has 0 unspecified atom stereocenters. The summed E-state index contributed by atoms with van der Waals surface area (Å²) >= 11 is 0. The van der Waals surface area contributed by atoms with E-state index in [1.807, 2.05) is 62.5 Å². The molecule has 0 N–H and O–H groups in total. The van der Waals surface area contributed by atoms with E-state index in [1.165, 1.54) is 0 Å². The van der Waals surface area contributed by atoms with E-state index in [9.17, 15) is 4.79 Å². The van der Waals surface area contributed by atoms with Gasteiger partial charge in [0.1, 0.15) is 11.5 Å². The molecule has 1 aliphatic rings. The van der Waals surface area contributed by atoms with Crippen molar-refractivity contribution < 1.29 is 14.3 Å². The molecule has 2 aromatic rings. The third-order valence-electron chi connectivity index (χ3n) is 4.89. The number of hydrogen-bond donors (Lipinski definition) is 0. The summed E-state index contributed by atoms with van der Waals surface area (Å²) in [7, 11) is 5.12. The van der Waals surface area contributed by atoms with Crippen molar-refractivity contribution in [3.05, 3.63) is 59.7 Å². The van der Waals surface area contributed by atoms with Crippen LogP contribution in [0.15, 0.2) is 48.5 Å². The number of anilines is 1. The molecular formula is C21H23NO3. The molecular weight excluding hydrogens is 314 g/mol. The van der Waals surface area contributed by atoms with Crippen molar-refractivity contribution in [2.75, 3.05) is 26.2 Å². The Labute approximate surface area is 148 Å². The van der Waals surface area contributed by atoms with Gasteiger partial charge in [0, 0.05) is 12.7 Å². The number of fused-ring (bicyclic) bond motifs is 1. The van der Waals surface area contributed by atoms with Gasteiger partial charge in [0.15, 0.2) is 0 Å². The SMILES string of the molecule is COc1ccc(/C=C/C[C@@]2(C)C(=O)N(C)c3ccc(OC)cc32)cc1. The molecule has 25 heavy (non-hydrogen) atoms. The average molecular weight is 337 g/mol. The summed E-state index contributed by atoms with van der Waals surface area (Å²) in [6.07, 6.45) is 4.72. The highest BCUT2D eigenvalue weighted by atomic mass is 16.5. The Hall–Kier alpha value is -2.75. The Bertz CT molecular complexity index is 810. The molecule has 3 rings (SSSR count). The zero-order valence-corrected chi connectivity index (χ0v) is 15.1. The van der Waals surface area contributed by atoms with Gasteiger partial charge in [-0.2, -0.15) is 0 Å². The number of ether oxygens (including phenoxy) is 2. The average Bonchev–Trinajstić information content (AvgIpc) is 2.83. The number of benzene rings is 2. The predicted molar refractivity (Wildman–Crippen MR) is 100 cm³/mol. The lowest BCUT2D eigenvalue weighted by Gasteiger charge is -2.21. The fraction of sp³-hybridized carbons (Fsp3) is 0.286. The highest BCUT2D eigenvalue weighted by Crippen LogP contribution is 2.45. The van der Waals surface area contributed by atoms with Gasteiger partial charge >= 0.3 is 0 Å². The van der Waals surface area contributed by atoms with Crippen LogP contribution in [-0.4, -0.2) is 27.2 Å². The molecule has 1 atom stereocenters. The number of hydrogen-bond acceptors (Lipinski definition) is 3. The van der Waals surface area contributed by atoms with E-state index in [0.29, 0.717) is 6.42 Å². The lowest BCUT2D eigenvalue weighted by atomic mass is 9.80. The smallest absolute Gasteiger partial charge is 0.237 e. The first-order chi connectivity index (χ1) is 12.0. The van der Waals surface area contributed by atoms with Crippen molar-refractivity contribution in [3.63, 3.8) is 0 Å². The number of carbonyl (C=O) groups excluding carboxylic acids is 1. The highest BCUT2D eigenvalue weighted by Gasteiger charge is 2.45. The molecule has 0 saturated heterocycles. The van der Waals surface area contributed by atoms with Gasteiger partial charge in [0.25, 0.3) is 0 Å². The van der Waals surface area contributed by atoms with Crippen molar-refractivity contribution in [3.8, 4) is 11.5 Å². The molecule has 2 aromatic carbocycles. The summed E-state index contributed by atoms with van der Waals surface area (Å²) in [6.45, 7) is 2.00. The van der Waals surface area contributed by atoms with E-state index in [1.54, 1.807) is 19.1 Å². The standard InChI is InChI=1S/C21H23NO3/c1-21(13-5-6-15-7-9-16(24-3)10-8-15)18-14-17(25-4)11-12-19(18)22(2)20(21)23/h5-12,14H,13H2,1-4H3/b6-5+/t21-/m1/s1. The molecule has 0 fully saturated rings. The highest BCUT2D eigenvalue weighted by molar-refractivity contribution is 6.07. The topological polar surface area (TPSA) is 38.8 Å². The van der Waals surface area contributed by atoms with E-state index in [0.717, 1.165) is 28.3 Å². The van der Waals surface area contributed by atoms with Crippen LogP contribution in [0.25, 0.3) is 6.08 Å². The Morgan fingerprint density at radius 3 is 2.32 bits per heavy atom. The Balaban J connectivity index is 1.86. The Kier molecular flexibility index (Phi) is 4.53. The van der Waals surface area contributed by atoms with Crippen LogP contribution in [0.1, 0.15) is 24.5 Å². The van der Waals surface area contributed by atoms with Gasteiger partial charge in [0.05, 0.1) is 19.6 Å². The number of rotatable bonds is 5. The number of amides is 1. The zero-order valence-electron chi connectivity index (χ0n) is 15.1. The molecule has 1 amide bonds. The largest absolute Gasteiger partial charge is 0.497 e. The van der Waals surface area contributed by atoms with Crippen molar-refractivity contribution in [1.29, 1.82) is 0 Å². The van der Waals surface area contributed by atoms with Crippen molar-refractivity contribution in [2.24, 2.45) is 0 Å². The first-order valence-electron chi connectivity index (χ1n) is 8.27. The van der Waals surface area contributed by atoms with Crippen molar-refractivity contribution in [2.45, 2.75) is 18.8 Å². The van der Waals surface area contributed by atoms with Gasteiger partial charge in [-0.25, -0.2) is 0 Å². The lowest BCUT2D eigenvalue weighted by molar-refractivity contribution is -0.122. The summed E-state index contributed by atoms with van der Waals surface area (Å²) in [6, 6.07) is 13.7.